The Bertz CT molecular complexity index is 1330. The fourth-order valence-electron chi connectivity index (χ4n) is 7.09. The first kappa shape index (κ1) is 23.4. The number of piperidine rings is 1. The average molecular weight is 488 g/mol. The van der Waals surface area contributed by atoms with Crippen LogP contribution in [-0.2, 0) is 31.2 Å². The Morgan fingerprint density at radius 3 is 2.67 bits per heavy atom. The minimum absolute atomic E-state index is 0.00612. The van der Waals surface area contributed by atoms with Gasteiger partial charge in [-0.25, -0.2) is 4.39 Å². The largest absolute Gasteiger partial charge is 0.387 e. The van der Waals surface area contributed by atoms with Gasteiger partial charge in [0.1, 0.15) is 11.5 Å². The Balaban J connectivity index is 1.39. The molecule has 0 spiro atoms. The molecule has 3 aliphatic rings. The number of benzene rings is 2. The zero-order chi connectivity index (χ0) is 25.2. The predicted molar refractivity (Wildman–Crippen MR) is 138 cm³/mol. The number of aromatic nitrogens is 1. The SMILES string of the molecule is Cc1c(C(=O)N(Cc2ccc(F)cc2)C(C)C)[nH]c2c1C[C@@]1(O)[C@@H]3Cc4ccccc4[C@@]1(CCN3)C2. The lowest BCUT2D eigenvalue weighted by Crippen LogP contribution is -2.73. The number of amides is 1. The number of hydrogen-bond acceptors (Lipinski definition) is 3. The third-order valence-electron chi connectivity index (χ3n) is 9.06. The molecule has 2 bridgehead atoms. The molecule has 2 heterocycles. The number of carbonyl (C=O) groups excluding carboxylic acids is 1. The molecule has 2 aromatic carbocycles. The molecule has 6 heteroatoms. The highest BCUT2D eigenvalue weighted by molar-refractivity contribution is 5.95. The van der Waals surface area contributed by atoms with Crippen molar-refractivity contribution < 1.29 is 14.3 Å². The highest BCUT2D eigenvalue weighted by Gasteiger charge is 2.63. The summed E-state index contributed by atoms with van der Waals surface area (Å²) in [5, 5.41) is 15.9. The molecule has 2 aliphatic carbocycles. The van der Waals surface area contributed by atoms with E-state index in [0.717, 1.165) is 41.8 Å². The molecule has 1 saturated heterocycles. The Labute approximate surface area is 211 Å². The Morgan fingerprint density at radius 2 is 1.92 bits per heavy atom. The number of hydrogen-bond donors (Lipinski definition) is 3. The van der Waals surface area contributed by atoms with Gasteiger partial charge in [0.15, 0.2) is 0 Å². The molecule has 1 aromatic heterocycles. The van der Waals surface area contributed by atoms with Crippen molar-refractivity contribution in [2.45, 2.75) is 76.1 Å². The van der Waals surface area contributed by atoms with Gasteiger partial charge in [-0.3, -0.25) is 4.79 Å². The van der Waals surface area contributed by atoms with Crippen LogP contribution in [0, 0.1) is 12.7 Å². The van der Waals surface area contributed by atoms with Crippen LogP contribution in [0.2, 0.25) is 0 Å². The van der Waals surface area contributed by atoms with Gasteiger partial charge in [-0.2, -0.15) is 0 Å². The van der Waals surface area contributed by atoms with Gasteiger partial charge in [0, 0.05) is 42.6 Å². The summed E-state index contributed by atoms with van der Waals surface area (Å²) >= 11 is 0. The van der Waals surface area contributed by atoms with Gasteiger partial charge in [-0.1, -0.05) is 36.4 Å². The number of halogens is 1. The lowest BCUT2D eigenvalue weighted by molar-refractivity contribution is -0.106. The standard InChI is InChI=1S/C30H34FN3O2/c1-18(2)34(17-20-8-10-22(31)11-9-20)28(35)27-19(3)23-15-30(36)26-14-21-6-4-5-7-24(21)29(30,12-13-32-26)16-25(23)33-27/h4-11,18,26,32-33,36H,12-17H2,1-3H3/t26-,29+,30+/m0/s1. The van der Waals surface area contributed by atoms with Crippen molar-refractivity contribution in [2.75, 3.05) is 6.54 Å². The third-order valence-corrected chi connectivity index (χ3v) is 9.06. The van der Waals surface area contributed by atoms with Crippen LogP contribution in [0.25, 0.3) is 0 Å². The van der Waals surface area contributed by atoms with Crippen LogP contribution < -0.4 is 5.32 Å². The van der Waals surface area contributed by atoms with E-state index in [0.29, 0.717) is 25.1 Å². The van der Waals surface area contributed by atoms with Gasteiger partial charge < -0.3 is 20.3 Å². The smallest absolute Gasteiger partial charge is 0.271 e. The van der Waals surface area contributed by atoms with E-state index in [1.165, 1.54) is 23.3 Å². The van der Waals surface area contributed by atoms with E-state index in [4.69, 9.17) is 0 Å². The highest BCUT2D eigenvalue weighted by Crippen LogP contribution is 2.55. The van der Waals surface area contributed by atoms with E-state index in [1.807, 2.05) is 25.7 Å². The van der Waals surface area contributed by atoms with Gasteiger partial charge in [-0.15, -0.1) is 0 Å². The van der Waals surface area contributed by atoms with Crippen LogP contribution in [0.5, 0.6) is 0 Å². The second-order valence-electron chi connectivity index (χ2n) is 11.2. The molecule has 3 aromatic rings. The Hall–Kier alpha value is -2.96. The summed E-state index contributed by atoms with van der Waals surface area (Å²) in [4.78, 5) is 19.2. The third kappa shape index (κ3) is 3.31. The van der Waals surface area contributed by atoms with Gasteiger partial charge in [0.2, 0.25) is 0 Å². The maximum atomic E-state index is 13.9. The molecule has 1 aliphatic heterocycles. The maximum Gasteiger partial charge on any atom is 0.271 e. The van der Waals surface area contributed by atoms with Crippen LogP contribution in [0.1, 0.15) is 64.3 Å². The molecule has 6 rings (SSSR count). The number of H-pyrrole nitrogens is 1. The number of carbonyl (C=O) groups is 1. The van der Waals surface area contributed by atoms with Crippen molar-refractivity contribution in [3.63, 3.8) is 0 Å². The topological polar surface area (TPSA) is 68.4 Å². The fourth-order valence-corrected chi connectivity index (χ4v) is 7.09. The van der Waals surface area contributed by atoms with Crippen LogP contribution in [0.15, 0.2) is 48.5 Å². The lowest BCUT2D eigenvalue weighted by Gasteiger charge is -2.60. The first-order valence-electron chi connectivity index (χ1n) is 13.0. The quantitative estimate of drug-likeness (QED) is 0.517. The van der Waals surface area contributed by atoms with Crippen molar-refractivity contribution in [2.24, 2.45) is 0 Å². The minimum atomic E-state index is -0.897. The number of fused-ring (bicyclic) bond motifs is 2. The Morgan fingerprint density at radius 1 is 1.17 bits per heavy atom. The summed E-state index contributed by atoms with van der Waals surface area (Å²) in [6.45, 7) is 7.29. The summed E-state index contributed by atoms with van der Waals surface area (Å²) in [5.41, 5.74) is 5.88. The number of aromatic amines is 1. The fraction of sp³-hybridized carbons (Fsp3) is 0.433. The van der Waals surface area contributed by atoms with Crippen molar-refractivity contribution in [3.05, 3.63) is 93.6 Å². The van der Waals surface area contributed by atoms with Gasteiger partial charge in [0.05, 0.1) is 5.60 Å². The van der Waals surface area contributed by atoms with Gasteiger partial charge in [-0.05, 0) is 80.1 Å². The lowest BCUT2D eigenvalue weighted by atomic mass is 9.50. The number of rotatable bonds is 4. The van der Waals surface area contributed by atoms with E-state index in [-0.39, 0.29) is 29.2 Å². The van der Waals surface area contributed by atoms with Gasteiger partial charge >= 0.3 is 0 Å². The molecule has 1 fully saturated rings. The first-order chi connectivity index (χ1) is 17.2. The van der Waals surface area contributed by atoms with Gasteiger partial charge in [0.25, 0.3) is 5.91 Å². The average Bonchev–Trinajstić information content (AvgIpc) is 3.16. The molecule has 36 heavy (non-hydrogen) atoms. The van der Waals surface area contributed by atoms with Crippen LogP contribution in [0.4, 0.5) is 4.39 Å². The highest BCUT2D eigenvalue weighted by atomic mass is 19.1. The zero-order valence-corrected chi connectivity index (χ0v) is 21.2. The maximum absolute atomic E-state index is 13.9. The molecule has 1 amide bonds. The summed E-state index contributed by atoms with van der Waals surface area (Å²) in [6, 6.07) is 14.8. The molecule has 3 atom stereocenters. The second-order valence-corrected chi connectivity index (χ2v) is 11.2. The van der Waals surface area contributed by atoms with Crippen LogP contribution in [0.3, 0.4) is 0 Å². The molecule has 0 saturated carbocycles. The summed E-state index contributed by atoms with van der Waals surface area (Å²) in [6.07, 6.45) is 2.91. The van der Waals surface area contributed by atoms with E-state index in [9.17, 15) is 14.3 Å². The molecule has 0 unspecified atom stereocenters. The summed E-state index contributed by atoms with van der Waals surface area (Å²) in [7, 11) is 0. The van der Waals surface area contributed by atoms with E-state index >= 15 is 0 Å². The van der Waals surface area contributed by atoms with Crippen molar-refractivity contribution >= 4 is 5.91 Å². The van der Waals surface area contributed by atoms with E-state index < -0.39 is 5.60 Å². The number of aliphatic hydroxyl groups is 1. The number of nitrogens with one attached hydrogen (secondary N) is 2. The van der Waals surface area contributed by atoms with E-state index in [2.05, 4.69) is 34.6 Å². The molecule has 5 nitrogen and oxygen atoms in total. The molecule has 0 radical (unpaired) electrons. The minimum Gasteiger partial charge on any atom is -0.387 e. The van der Waals surface area contributed by atoms with Crippen molar-refractivity contribution in [3.8, 4) is 0 Å². The number of nitrogens with zero attached hydrogens (tertiary/aromatic N) is 1. The first-order valence-corrected chi connectivity index (χ1v) is 13.0. The monoisotopic (exact) mass is 487 g/mol. The molecule has 188 valence electrons. The Kier molecular flexibility index (Phi) is 5.39. The van der Waals surface area contributed by atoms with Crippen molar-refractivity contribution in [1.29, 1.82) is 0 Å². The molecular formula is C30H34FN3O2. The second kappa shape index (κ2) is 8.29. The van der Waals surface area contributed by atoms with Crippen LogP contribution >= 0.6 is 0 Å². The zero-order valence-electron chi connectivity index (χ0n) is 21.2. The van der Waals surface area contributed by atoms with E-state index in [1.54, 1.807) is 12.1 Å². The summed E-state index contributed by atoms with van der Waals surface area (Å²) < 4.78 is 13.4. The van der Waals surface area contributed by atoms with Crippen molar-refractivity contribution in [1.82, 2.24) is 15.2 Å². The normalized spacial score (nSPS) is 26.2. The summed E-state index contributed by atoms with van der Waals surface area (Å²) in [5.74, 6) is -0.343. The van der Waals surface area contributed by atoms with Crippen LogP contribution in [-0.4, -0.2) is 45.1 Å². The molecule has 3 N–H and O–H groups in total. The predicted octanol–water partition coefficient (Wildman–Crippen LogP) is 4.20. The molecular weight excluding hydrogens is 453 g/mol.